The lowest BCUT2D eigenvalue weighted by Crippen LogP contribution is -2.41. The molecule has 1 aromatic heterocycles. The standard InChI is InChI=1S/C21H22Cl2F3N5.C4H8O2/c1-30-19-9-18(31-6-2-3-13(11-31)21(24,25)26)15(23)8-17(19)29-20(30)28-16-7-12(10-27)4-5-14(16)22;1-2-6-4-3-5-1/h4-5,7-9,13H,2-3,6,10-11,27H2,1H3,(H,28,29);1-4H2. The third kappa shape index (κ3) is 6.80. The maximum absolute atomic E-state index is 13.2. The molecular weight excluding hydrogens is 530 g/mol. The lowest BCUT2D eigenvalue weighted by Gasteiger charge is -2.35. The lowest BCUT2D eigenvalue weighted by atomic mass is 9.97. The van der Waals surface area contributed by atoms with Crippen molar-refractivity contribution in [3.8, 4) is 0 Å². The van der Waals surface area contributed by atoms with E-state index in [-0.39, 0.29) is 13.0 Å². The first-order chi connectivity index (χ1) is 17.7. The van der Waals surface area contributed by atoms with Gasteiger partial charge in [0.2, 0.25) is 5.95 Å². The Morgan fingerprint density at radius 1 is 1.08 bits per heavy atom. The number of hydrogen-bond acceptors (Lipinski definition) is 6. The average Bonchev–Trinajstić information content (AvgIpc) is 3.19. The van der Waals surface area contributed by atoms with Crippen molar-refractivity contribution in [2.45, 2.75) is 25.6 Å². The van der Waals surface area contributed by atoms with Gasteiger partial charge in [-0.15, -0.1) is 0 Å². The van der Waals surface area contributed by atoms with Crippen LogP contribution in [-0.2, 0) is 23.1 Å². The molecule has 3 heterocycles. The molecule has 202 valence electrons. The Hall–Kier alpha value is -2.24. The summed E-state index contributed by atoms with van der Waals surface area (Å²) in [5.74, 6) is -0.820. The van der Waals surface area contributed by atoms with E-state index in [0.29, 0.717) is 52.4 Å². The molecule has 0 bridgehead atoms. The van der Waals surface area contributed by atoms with Gasteiger partial charge in [0.15, 0.2) is 0 Å². The van der Waals surface area contributed by atoms with Crippen molar-refractivity contribution in [1.82, 2.24) is 9.55 Å². The molecule has 0 saturated carbocycles. The van der Waals surface area contributed by atoms with E-state index >= 15 is 0 Å². The topological polar surface area (TPSA) is 77.6 Å². The number of aromatic nitrogens is 2. The van der Waals surface area contributed by atoms with Crippen LogP contribution in [0.15, 0.2) is 30.3 Å². The number of nitrogens with zero attached hydrogens (tertiary/aromatic N) is 3. The zero-order valence-corrected chi connectivity index (χ0v) is 22.0. The van der Waals surface area contributed by atoms with Crippen LogP contribution in [0.5, 0.6) is 0 Å². The van der Waals surface area contributed by atoms with Gasteiger partial charge in [-0.1, -0.05) is 29.3 Å². The van der Waals surface area contributed by atoms with Crippen molar-refractivity contribution in [2.75, 3.05) is 49.7 Å². The van der Waals surface area contributed by atoms with E-state index in [1.165, 1.54) is 0 Å². The maximum Gasteiger partial charge on any atom is 0.393 e. The summed E-state index contributed by atoms with van der Waals surface area (Å²) in [6, 6.07) is 8.95. The highest BCUT2D eigenvalue weighted by molar-refractivity contribution is 6.34. The van der Waals surface area contributed by atoms with Gasteiger partial charge in [-0.05, 0) is 42.7 Å². The summed E-state index contributed by atoms with van der Waals surface area (Å²) in [6.45, 7) is 3.92. The minimum Gasteiger partial charge on any atom is -0.377 e. The molecule has 3 N–H and O–H groups in total. The second-order valence-corrected chi connectivity index (χ2v) is 9.80. The van der Waals surface area contributed by atoms with Crippen molar-refractivity contribution >= 4 is 51.6 Å². The molecular formula is C25H30Cl2F3N5O2. The molecule has 2 saturated heterocycles. The first kappa shape index (κ1) is 27.8. The monoisotopic (exact) mass is 559 g/mol. The maximum atomic E-state index is 13.2. The van der Waals surface area contributed by atoms with E-state index < -0.39 is 12.1 Å². The molecule has 1 atom stereocenters. The first-order valence-corrected chi connectivity index (χ1v) is 12.8. The number of anilines is 3. The van der Waals surface area contributed by atoms with E-state index in [1.54, 1.807) is 23.1 Å². The summed E-state index contributed by atoms with van der Waals surface area (Å²) in [5, 5.41) is 4.11. The third-order valence-electron chi connectivity index (χ3n) is 6.43. The molecule has 12 heteroatoms. The highest BCUT2D eigenvalue weighted by atomic mass is 35.5. The van der Waals surface area contributed by atoms with E-state index in [4.69, 9.17) is 38.4 Å². The second kappa shape index (κ2) is 12.1. The molecule has 7 nitrogen and oxygen atoms in total. The van der Waals surface area contributed by atoms with Gasteiger partial charge < -0.3 is 30.0 Å². The van der Waals surface area contributed by atoms with Gasteiger partial charge in [-0.2, -0.15) is 13.2 Å². The summed E-state index contributed by atoms with van der Waals surface area (Å²) in [6.07, 6.45) is -3.61. The quantitative estimate of drug-likeness (QED) is 0.414. The van der Waals surface area contributed by atoms with Gasteiger partial charge in [-0.3, -0.25) is 0 Å². The Balaban J connectivity index is 0.000000469. The first-order valence-electron chi connectivity index (χ1n) is 12.1. The number of imidazole rings is 1. The van der Waals surface area contributed by atoms with Gasteiger partial charge >= 0.3 is 6.18 Å². The van der Waals surface area contributed by atoms with Crippen LogP contribution in [0, 0.1) is 5.92 Å². The number of piperidine rings is 1. The zero-order valence-electron chi connectivity index (χ0n) is 20.5. The number of alkyl halides is 3. The van der Waals surface area contributed by atoms with Crippen LogP contribution >= 0.6 is 23.2 Å². The van der Waals surface area contributed by atoms with Crippen LogP contribution in [0.4, 0.5) is 30.5 Å². The van der Waals surface area contributed by atoms with E-state index in [1.807, 2.05) is 23.7 Å². The van der Waals surface area contributed by atoms with Crippen LogP contribution in [0.1, 0.15) is 18.4 Å². The molecule has 2 aliphatic rings. The Morgan fingerprint density at radius 3 is 2.41 bits per heavy atom. The molecule has 0 radical (unpaired) electrons. The minimum atomic E-state index is -4.21. The summed E-state index contributed by atoms with van der Waals surface area (Å²) < 4.78 is 51.4. The second-order valence-electron chi connectivity index (χ2n) is 8.98. The normalized spacial score (nSPS) is 18.5. The van der Waals surface area contributed by atoms with Crippen LogP contribution in [0.3, 0.4) is 0 Å². The average molecular weight is 560 g/mol. The van der Waals surface area contributed by atoms with Crippen LogP contribution in [0.2, 0.25) is 10.0 Å². The van der Waals surface area contributed by atoms with Crippen LogP contribution < -0.4 is 16.0 Å². The fourth-order valence-corrected chi connectivity index (χ4v) is 4.82. The summed E-state index contributed by atoms with van der Waals surface area (Å²) in [7, 11) is 1.82. The Labute approximate surface area is 223 Å². The highest BCUT2D eigenvalue weighted by Gasteiger charge is 2.42. The van der Waals surface area contributed by atoms with Crippen LogP contribution in [0.25, 0.3) is 11.0 Å². The van der Waals surface area contributed by atoms with Gasteiger partial charge in [0.05, 0.1) is 64.8 Å². The number of hydrogen-bond donors (Lipinski definition) is 2. The summed E-state index contributed by atoms with van der Waals surface area (Å²) >= 11 is 12.8. The fraction of sp³-hybridized carbons (Fsp3) is 0.480. The fourth-order valence-electron chi connectivity index (χ4n) is 4.37. The minimum absolute atomic E-state index is 0.0980. The number of nitrogens with one attached hydrogen (secondary N) is 1. The molecule has 3 aromatic rings. The zero-order chi connectivity index (χ0) is 26.6. The predicted octanol–water partition coefficient (Wildman–Crippen LogP) is 5.89. The number of halogens is 5. The van der Waals surface area contributed by atoms with Gasteiger partial charge in [0.25, 0.3) is 0 Å². The largest absolute Gasteiger partial charge is 0.393 e. The van der Waals surface area contributed by atoms with E-state index in [9.17, 15) is 13.2 Å². The van der Waals surface area contributed by atoms with Crippen molar-refractivity contribution in [3.05, 3.63) is 45.9 Å². The number of nitrogens with two attached hydrogens (primary N) is 1. The summed E-state index contributed by atoms with van der Waals surface area (Å²) in [4.78, 5) is 6.30. The number of fused-ring (bicyclic) bond motifs is 1. The predicted molar refractivity (Wildman–Crippen MR) is 141 cm³/mol. The number of benzene rings is 2. The Kier molecular flexibility index (Phi) is 9.07. The number of rotatable bonds is 4. The molecule has 2 aliphatic heterocycles. The Bertz CT molecular complexity index is 1210. The smallest absolute Gasteiger partial charge is 0.377 e. The van der Waals surface area contributed by atoms with Crippen molar-refractivity contribution in [1.29, 1.82) is 0 Å². The third-order valence-corrected chi connectivity index (χ3v) is 7.06. The van der Waals surface area contributed by atoms with E-state index in [2.05, 4.69) is 10.3 Å². The van der Waals surface area contributed by atoms with Crippen molar-refractivity contribution in [2.24, 2.45) is 18.7 Å². The molecule has 2 aromatic carbocycles. The molecule has 0 amide bonds. The van der Waals surface area contributed by atoms with Crippen molar-refractivity contribution in [3.63, 3.8) is 0 Å². The molecule has 37 heavy (non-hydrogen) atoms. The molecule has 2 fully saturated rings. The molecule has 0 aliphatic carbocycles. The van der Waals surface area contributed by atoms with Gasteiger partial charge in [0, 0.05) is 26.7 Å². The molecule has 0 spiro atoms. The van der Waals surface area contributed by atoms with Gasteiger partial charge in [0.1, 0.15) is 0 Å². The highest BCUT2D eigenvalue weighted by Crippen LogP contribution is 2.39. The SMILES string of the molecule is C1COCCO1.Cn1c(Nc2cc(CN)ccc2Cl)nc2cc(Cl)c(N3CCCC(C(F)(F)F)C3)cc21. The molecule has 1 unspecified atom stereocenters. The van der Waals surface area contributed by atoms with E-state index in [0.717, 1.165) is 37.5 Å². The van der Waals surface area contributed by atoms with Gasteiger partial charge in [-0.25, -0.2) is 4.98 Å². The Morgan fingerprint density at radius 2 is 1.78 bits per heavy atom. The molecule has 5 rings (SSSR count). The lowest BCUT2D eigenvalue weighted by molar-refractivity contribution is -0.175. The number of aryl methyl sites for hydroxylation is 1. The number of ether oxygens (including phenoxy) is 2. The van der Waals surface area contributed by atoms with Crippen LogP contribution in [-0.4, -0.2) is 55.2 Å². The van der Waals surface area contributed by atoms with Crippen molar-refractivity contribution < 1.29 is 22.6 Å². The summed E-state index contributed by atoms with van der Waals surface area (Å²) in [5.41, 5.74) is 9.26.